The normalized spacial score (nSPS) is 10.7. The van der Waals surface area contributed by atoms with Gasteiger partial charge in [0.1, 0.15) is 23.0 Å². The molecule has 0 aliphatic carbocycles. The van der Waals surface area contributed by atoms with Crippen LogP contribution in [0.15, 0.2) is 121 Å². The van der Waals surface area contributed by atoms with Crippen molar-refractivity contribution in [2.75, 3.05) is 11.5 Å². The lowest BCUT2D eigenvalue weighted by atomic mass is 10.0. The highest BCUT2D eigenvalue weighted by Crippen LogP contribution is 2.25. The first-order valence-electron chi connectivity index (χ1n) is 11.9. The summed E-state index contributed by atoms with van der Waals surface area (Å²) in [6, 6.07) is 40.1. The zero-order valence-electron chi connectivity index (χ0n) is 19.9. The van der Waals surface area contributed by atoms with Gasteiger partial charge in [0.05, 0.1) is 0 Å². The third-order valence-electron chi connectivity index (χ3n) is 5.87. The summed E-state index contributed by atoms with van der Waals surface area (Å²) in [5, 5.41) is 0. The summed E-state index contributed by atoms with van der Waals surface area (Å²) in [7, 11) is 0. The lowest BCUT2D eigenvalue weighted by Crippen LogP contribution is -1.92. The van der Waals surface area contributed by atoms with E-state index in [-0.39, 0.29) is 0 Å². The first kappa shape index (κ1) is 23.1. The zero-order chi connectivity index (χ0) is 24.7. The van der Waals surface area contributed by atoms with Gasteiger partial charge in [-0.25, -0.2) is 0 Å². The standard InChI is InChI=1S/C32H28N2O2/c33-27-3-1-5-31(21-27)35-29-15-11-25(12-16-29)19-23-7-9-24(10-8-23)20-26-13-17-30(18-14-26)36-32-6-2-4-28(34)22-32/h1-18,21-22H,19-20,33-34H2. The van der Waals surface area contributed by atoms with Gasteiger partial charge in [-0.1, -0.05) is 60.7 Å². The van der Waals surface area contributed by atoms with E-state index in [2.05, 4.69) is 48.5 Å². The molecule has 0 fully saturated rings. The summed E-state index contributed by atoms with van der Waals surface area (Å²) >= 11 is 0. The SMILES string of the molecule is Nc1cccc(Oc2ccc(Cc3ccc(Cc4ccc(Oc5cccc(N)c5)cc4)cc3)cc2)c1. The van der Waals surface area contributed by atoms with Crippen LogP contribution in [0.2, 0.25) is 0 Å². The maximum absolute atomic E-state index is 5.89. The van der Waals surface area contributed by atoms with Crippen molar-refractivity contribution in [1.82, 2.24) is 0 Å². The molecule has 5 aromatic rings. The summed E-state index contributed by atoms with van der Waals surface area (Å²) in [4.78, 5) is 0. The van der Waals surface area contributed by atoms with Crippen molar-refractivity contribution in [3.63, 3.8) is 0 Å². The molecule has 4 heteroatoms. The Kier molecular flexibility index (Phi) is 6.86. The molecule has 0 unspecified atom stereocenters. The largest absolute Gasteiger partial charge is 0.457 e. The van der Waals surface area contributed by atoms with Gasteiger partial charge >= 0.3 is 0 Å². The molecule has 178 valence electrons. The summed E-state index contributed by atoms with van der Waals surface area (Å²) in [5.74, 6) is 3.07. The van der Waals surface area contributed by atoms with Crippen molar-refractivity contribution in [2.24, 2.45) is 0 Å². The number of hydrogen-bond acceptors (Lipinski definition) is 4. The Morgan fingerprint density at radius 3 is 1.06 bits per heavy atom. The molecule has 36 heavy (non-hydrogen) atoms. The van der Waals surface area contributed by atoms with Gasteiger partial charge in [0.25, 0.3) is 0 Å². The van der Waals surface area contributed by atoms with E-state index in [4.69, 9.17) is 20.9 Å². The number of anilines is 2. The van der Waals surface area contributed by atoms with Crippen LogP contribution < -0.4 is 20.9 Å². The quantitative estimate of drug-likeness (QED) is 0.228. The fraction of sp³-hybridized carbons (Fsp3) is 0.0625. The molecule has 4 nitrogen and oxygen atoms in total. The van der Waals surface area contributed by atoms with Crippen LogP contribution in [0.5, 0.6) is 23.0 Å². The predicted octanol–water partition coefficient (Wildman–Crippen LogP) is 7.62. The lowest BCUT2D eigenvalue weighted by Gasteiger charge is -2.09. The molecule has 0 amide bonds. The molecule has 0 aromatic heterocycles. The number of rotatable bonds is 8. The highest BCUT2D eigenvalue weighted by Gasteiger charge is 2.03. The van der Waals surface area contributed by atoms with E-state index in [1.807, 2.05) is 72.8 Å². The zero-order valence-corrected chi connectivity index (χ0v) is 19.9. The van der Waals surface area contributed by atoms with Gasteiger partial charge in [-0.15, -0.1) is 0 Å². The maximum atomic E-state index is 5.89. The Labute approximate surface area is 211 Å². The smallest absolute Gasteiger partial charge is 0.129 e. The molecule has 0 saturated carbocycles. The van der Waals surface area contributed by atoms with Crippen molar-refractivity contribution in [2.45, 2.75) is 12.8 Å². The molecular weight excluding hydrogens is 444 g/mol. The van der Waals surface area contributed by atoms with Crippen LogP contribution >= 0.6 is 0 Å². The highest BCUT2D eigenvalue weighted by molar-refractivity contribution is 5.46. The third-order valence-corrected chi connectivity index (χ3v) is 5.87. The van der Waals surface area contributed by atoms with Crippen LogP contribution in [-0.4, -0.2) is 0 Å². The van der Waals surface area contributed by atoms with Gasteiger partial charge in [0, 0.05) is 23.5 Å². The van der Waals surface area contributed by atoms with Gasteiger partial charge in [0.15, 0.2) is 0 Å². The Balaban J connectivity index is 1.15. The predicted molar refractivity (Wildman–Crippen MR) is 147 cm³/mol. The molecule has 0 radical (unpaired) electrons. The summed E-state index contributed by atoms with van der Waals surface area (Å²) in [5.41, 5.74) is 18.0. The van der Waals surface area contributed by atoms with Gasteiger partial charge in [-0.05, 0) is 83.6 Å². The number of benzene rings is 5. The van der Waals surface area contributed by atoms with Crippen LogP contribution in [0.4, 0.5) is 11.4 Å². The maximum Gasteiger partial charge on any atom is 0.129 e. The van der Waals surface area contributed by atoms with Crippen LogP contribution in [-0.2, 0) is 12.8 Å². The molecule has 0 heterocycles. The Morgan fingerprint density at radius 1 is 0.389 bits per heavy atom. The van der Waals surface area contributed by atoms with Crippen molar-refractivity contribution in [1.29, 1.82) is 0 Å². The first-order chi connectivity index (χ1) is 17.6. The van der Waals surface area contributed by atoms with Crippen LogP contribution in [0.3, 0.4) is 0 Å². The second-order valence-electron chi connectivity index (χ2n) is 8.81. The van der Waals surface area contributed by atoms with E-state index in [0.717, 1.165) is 35.8 Å². The van der Waals surface area contributed by atoms with E-state index in [1.54, 1.807) is 0 Å². The van der Waals surface area contributed by atoms with E-state index in [9.17, 15) is 0 Å². The van der Waals surface area contributed by atoms with Crippen LogP contribution in [0.1, 0.15) is 22.3 Å². The van der Waals surface area contributed by atoms with Gasteiger partial charge < -0.3 is 20.9 Å². The van der Waals surface area contributed by atoms with E-state index in [1.165, 1.54) is 22.3 Å². The average Bonchev–Trinajstić information content (AvgIpc) is 2.88. The monoisotopic (exact) mass is 472 g/mol. The summed E-state index contributed by atoms with van der Waals surface area (Å²) in [6.07, 6.45) is 1.74. The van der Waals surface area contributed by atoms with E-state index >= 15 is 0 Å². The fourth-order valence-corrected chi connectivity index (χ4v) is 4.03. The molecule has 4 N–H and O–H groups in total. The molecular formula is C32H28N2O2. The van der Waals surface area contributed by atoms with Crippen molar-refractivity contribution in [3.05, 3.63) is 144 Å². The van der Waals surface area contributed by atoms with Gasteiger partial charge in [-0.2, -0.15) is 0 Å². The first-order valence-corrected chi connectivity index (χ1v) is 11.9. The fourth-order valence-electron chi connectivity index (χ4n) is 4.03. The highest BCUT2D eigenvalue weighted by atomic mass is 16.5. The summed E-state index contributed by atoms with van der Waals surface area (Å²) in [6.45, 7) is 0. The number of nitrogen functional groups attached to an aromatic ring is 2. The minimum atomic E-state index is 0.688. The molecule has 0 aliphatic rings. The third kappa shape index (κ3) is 6.24. The average molecular weight is 473 g/mol. The van der Waals surface area contributed by atoms with Gasteiger partial charge in [-0.3, -0.25) is 0 Å². The van der Waals surface area contributed by atoms with E-state index in [0.29, 0.717) is 11.4 Å². The molecule has 0 aliphatic heterocycles. The lowest BCUT2D eigenvalue weighted by molar-refractivity contribution is 0.482. The van der Waals surface area contributed by atoms with Crippen molar-refractivity contribution < 1.29 is 9.47 Å². The Morgan fingerprint density at radius 2 is 0.722 bits per heavy atom. The Bertz CT molecular complexity index is 1310. The number of nitrogens with two attached hydrogens (primary N) is 2. The molecule has 0 bridgehead atoms. The number of ether oxygens (including phenoxy) is 2. The summed E-state index contributed by atoms with van der Waals surface area (Å²) < 4.78 is 11.8. The Hall–Kier alpha value is -4.70. The molecule has 0 saturated heterocycles. The molecule has 5 rings (SSSR count). The second-order valence-corrected chi connectivity index (χ2v) is 8.81. The molecule has 0 spiro atoms. The van der Waals surface area contributed by atoms with Gasteiger partial charge in [0.2, 0.25) is 0 Å². The van der Waals surface area contributed by atoms with Crippen molar-refractivity contribution in [3.8, 4) is 23.0 Å². The second kappa shape index (κ2) is 10.7. The minimum absolute atomic E-state index is 0.688. The van der Waals surface area contributed by atoms with Crippen molar-refractivity contribution >= 4 is 11.4 Å². The van der Waals surface area contributed by atoms with Crippen LogP contribution in [0.25, 0.3) is 0 Å². The number of hydrogen-bond donors (Lipinski definition) is 2. The minimum Gasteiger partial charge on any atom is -0.457 e. The molecule has 0 atom stereocenters. The van der Waals surface area contributed by atoms with Crippen LogP contribution in [0, 0.1) is 0 Å². The topological polar surface area (TPSA) is 70.5 Å². The molecule has 5 aromatic carbocycles. The van der Waals surface area contributed by atoms with E-state index < -0.39 is 0 Å².